The van der Waals surface area contributed by atoms with Crippen molar-refractivity contribution in [1.82, 2.24) is 4.98 Å². The number of hydrogen-bond acceptors (Lipinski definition) is 6. The number of nitrogens with zero attached hydrogens (tertiary/aromatic N) is 1. The van der Waals surface area contributed by atoms with Gasteiger partial charge in [-0.15, -0.1) is 0 Å². The summed E-state index contributed by atoms with van der Waals surface area (Å²) in [5.41, 5.74) is 1.66. The van der Waals surface area contributed by atoms with Crippen molar-refractivity contribution in [3.8, 4) is 11.5 Å². The summed E-state index contributed by atoms with van der Waals surface area (Å²) >= 11 is 0. The number of aromatic nitrogens is 1. The van der Waals surface area contributed by atoms with Crippen LogP contribution in [0.3, 0.4) is 0 Å². The average Bonchev–Trinajstić information content (AvgIpc) is 2.75. The Morgan fingerprint density at radius 1 is 0.968 bits per heavy atom. The molecule has 1 amide bonds. The first-order valence-corrected chi connectivity index (χ1v) is 10.3. The van der Waals surface area contributed by atoms with E-state index in [4.69, 9.17) is 9.47 Å². The second-order valence-corrected chi connectivity index (χ2v) is 7.15. The number of hydrogen-bond donors (Lipinski definition) is 3. The van der Waals surface area contributed by atoms with Gasteiger partial charge in [-0.3, -0.25) is 5.32 Å². The van der Waals surface area contributed by atoms with Crippen LogP contribution in [0.15, 0.2) is 66.7 Å². The summed E-state index contributed by atoms with van der Waals surface area (Å²) in [5, 5.41) is 9.28. The molecule has 2 aromatic carbocycles. The van der Waals surface area contributed by atoms with Gasteiger partial charge in [0.2, 0.25) is 0 Å². The lowest BCUT2D eigenvalue weighted by atomic mass is 10.2. The van der Waals surface area contributed by atoms with Gasteiger partial charge in [-0.2, -0.15) is 0 Å². The third kappa shape index (κ3) is 6.92. The average molecular weight is 421 g/mol. The number of para-hydroxylation sites is 1. The Balaban J connectivity index is 1.63. The van der Waals surface area contributed by atoms with E-state index in [0.717, 1.165) is 17.1 Å². The summed E-state index contributed by atoms with van der Waals surface area (Å²) in [5.74, 6) is 2.87. The van der Waals surface area contributed by atoms with Crippen molar-refractivity contribution in [2.24, 2.45) is 0 Å². The number of anilines is 3. The van der Waals surface area contributed by atoms with Crippen LogP contribution in [0.2, 0.25) is 0 Å². The van der Waals surface area contributed by atoms with E-state index in [-0.39, 0.29) is 6.04 Å². The Kier molecular flexibility index (Phi) is 7.70. The molecule has 7 heteroatoms. The van der Waals surface area contributed by atoms with Gasteiger partial charge in [-0.05, 0) is 62.7 Å². The predicted octanol–water partition coefficient (Wildman–Crippen LogP) is 5.87. The zero-order valence-electron chi connectivity index (χ0n) is 18.0. The largest absolute Gasteiger partial charge is 0.457 e. The van der Waals surface area contributed by atoms with Crippen LogP contribution in [0.5, 0.6) is 11.5 Å². The van der Waals surface area contributed by atoms with E-state index in [1.54, 1.807) is 13.0 Å². The third-order valence-electron chi connectivity index (χ3n) is 4.21. The molecular formula is C24H28N4O3. The van der Waals surface area contributed by atoms with Crippen LogP contribution in [0.25, 0.3) is 0 Å². The number of nitrogens with one attached hydrogen (secondary N) is 3. The third-order valence-corrected chi connectivity index (χ3v) is 4.21. The lowest BCUT2D eigenvalue weighted by molar-refractivity contribution is 0.168. The maximum absolute atomic E-state index is 11.8. The summed E-state index contributed by atoms with van der Waals surface area (Å²) in [4.78, 5) is 16.4. The molecule has 7 nitrogen and oxygen atoms in total. The molecular weight excluding hydrogens is 392 g/mol. The number of benzene rings is 2. The van der Waals surface area contributed by atoms with Crippen LogP contribution < -0.4 is 20.7 Å². The topological polar surface area (TPSA) is 84.5 Å². The van der Waals surface area contributed by atoms with Gasteiger partial charge in [-0.25, -0.2) is 9.78 Å². The molecule has 1 heterocycles. The minimum Gasteiger partial charge on any atom is -0.457 e. The first kappa shape index (κ1) is 22.0. The van der Waals surface area contributed by atoms with Gasteiger partial charge < -0.3 is 20.1 Å². The highest BCUT2D eigenvalue weighted by molar-refractivity contribution is 5.88. The quantitative estimate of drug-likeness (QED) is 0.401. The SMILES string of the molecule is CCOC(=O)Nc1ccc(NCc2ccc(Oc3ccccc3)cc2)nc1NC(C)C. The Hall–Kier alpha value is -3.74. The van der Waals surface area contributed by atoms with Crippen molar-refractivity contribution < 1.29 is 14.3 Å². The van der Waals surface area contributed by atoms with Gasteiger partial charge >= 0.3 is 6.09 Å². The van der Waals surface area contributed by atoms with Crippen molar-refractivity contribution in [2.45, 2.75) is 33.4 Å². The van der Waals surface area contributed by atoms with Crippen LogP contribution in [0, 0.1) is 0 Å². The maximum Gasteiger partial charge on any atom is 0.411 e. The molecule has 0 bridgehead atoms. The van der Waals surface area contributed by atoms with Gasteiger partial charge in [0, 0.05) is 12.6 Å². The van der Waals surface area contributed by atoms with Crippen LogP contribution in [-0.4, -0.2) is 23.7 Å². The lowest BCUT2D eigenvalue weighted by Gasteiger charge is -2.16. The van der Waals surface area contributed by atoms with E-state index in [0.29, 0.717) is 30.5 Å². The van der Waals surface area contributed by atoms with E-state index >= 15 is 0 Å². The molecule has 0 atom stereocenters. The number of pyridine rings is 1. The van der Waals surface area contributed by atoms with Crippen LogP contribution in [0.4, 0.5) is 22.1 Å². The molecule has 0 aliphatic carbocycles. The minimum atomic E-state index is -0.505. The van der Waals surface area contributed by atoms with Gasteiger partial charge in [0.25, 0.3) is 0 Å². The highest BCUT2D eigenvalue weighted by Gasteiger charge is 2.11. The molecule has 0 fully saturated rings. The van der Waals surface area contributed by atoms with E-state index < -0.39 is 6.09 Å². The molecule has 0 saturated carbocycles. The summed E-state index contributed by atoms with van der Waals surface area (Å²) in [7, 11) is 0. The second-order valence-electron chi connectivity index (χ2n) is 7.15. The number of ether oxygens (including phenoxy) is 2. The van der Waals surface area contributed by atoms with Crippen LogP contribution >= 0.6 is 0 Å². The molecule has 31 heavy (non-hydrogen) atoms. The van der Waals surface area contributed by atoms with E-state index in [9.17, 15) is 4.79 Å². The fourth-order valence-electron chi connectivity index (χ4n) is 2.81. The van der Waals surface area contributed by atoms with Crippen LogP contribution in [-0.2, 0) is 11.3 Å². The predicted molar refractivity (Wildman–Crippen MR) is 124 cm³/mol. The standard InChI is InChI=1S/C24H28N4O3/c1-4-30-24(29)27-21-14-15-22(28-23(21)26-17(2)3)25-16-18-10-12-20(13-11-18)31-19-8-6-5-7-9-19/h5-15,17H,4,16H2,1-3H3,(H,27,29)(H2,25,26,28). The Morgan fingerprint density at radius 2 is 1.68 bits per heavy atom. The second kappa shape index (κ2) is 10.9. The molecule has 3 N–H and O–H groups in total. The molecule has 0 aliphatic rings. The molecule has 0 radical (unpaired) electrons. The highest BCUT2D eigenvalue weighted by atomic mass is 16.5. The van der Waals surface area contributed by atoms with Gasteiger partial charge in [0.1, 0.15) is 17.3 Å². The number of carbonyl (C=O) groups excluding carboxylic acids is 1. The smallest absolute Gasteiger partial charge is 0.411 e. The van der Waals surface area contributed by atoms with E-state index in [1.807, 2.05) is 74.5 Å². The van der Waals surface area contributed by atoms with E-state index in [1.165, 1.54) is 0 Å². The molecule has 0 aliphatic heterocycles. The first-order chi connectivity index (χ1) is 15.0. The Bertz CT molecular complexity index is 976. The lowest BCUT2D eigenvalue weighted by Crippen LogP contribution is -2.18. The number of amides is 1. The normalized spacial score (nSPS) is 10.5. The maximum atomic E-state index is 11.8. The molecule has 1 aromatic heterocycles. The number of rotatable bonds is 9. The Morgan fingerprint density at radius 3 is 2.35 bits per heavy atom. The fraction of sp³-hybridized carbons (Fsp3) is 0.250. The zero-order chi connectivity index (χ0) is 22.1. The molecule has 0 spiro atoms. The van der Waals surface area contributed by atoms with Gasteiger partial charge in [0.05, 0.1) is 12.3 Å². The fourth-order valence-corrected chi connectivity index (χ4v) is 2.81. The molecule has 0 unspecified atom stereocenters. The van der Waals surface area contributed by atoms with Gasteiger partial charge in [-0.1, -0.05) is 30.3 Å². The summed E-state index contributed by atoms with van der Waals surface area (Å²) < 4.78 is 10.8. The van der Waals surface area contributed by atoms with Gasteiger partial charge in [0.15, 0.2) is 5.82 Å². The monoisotopic (exact) mass is 420 g/mol. The minimum absolute atomic E-state index is 0.155. The molecule has 0 saturated heterocycles. The number of carbonyl (C=O) groups is 1. The Labute approximate surface area is 182 Å². The van der Waals surface area contributed by atoms with Crippen LogP contribution in [0.1, 0.15) is 26.3 Å². The van der Waals surface area contributed by atoms with Crippen molar-refractivity contribution in [2.75, 3.05) is 22.6 Å². The van der Waals surface area contributed by atoms with Crippen molar-refractivity contribution in [1.29, 1.82) is 0 Å². The summed E-state index contributed by atoms with van der Waals surface area (Å²) in [6.45, 7) is 6.69. The van der Waals surface area contributed by atoms with Crippen molar-refractivity contribution in [3.63, 3.8) is 0 Å². The van der Waals surface area contributed by atoms with E-state index in [2.05, 4.69) is 20.9 Å². The molecule has 3 aromatic rings. The highest BCUT2D eigenvalue weighted by Crippen LogP contribution is 2.24. The first-order valence-electron chi connectivity index (χ1n) is 10.3. The summed E-state index contributed by atoms with van der Waals surface area (Å²) in [6.07, 6.45) is -0.505. The zero-order valence-corrected chi connectivity index (χ0v) is 18.0. The molecule has 3 rings (SSSR count). The summed E-state index contributed by atoms with van der Waals surface area (Å²) in [6, 6.07) is 21.4. The van der Waals surface area contributed by atoms with Crippen molar-refractivity contribution >= 4 is 23.4 Å². The van der Waals surface area contributed by atoms with Crippen molar-refractivity contribution in [3.05, 3.63) is 72.3 Å². The molecule has 162 valence electrons.